The highest BCUT2D eigenvalue weighted by Crippen LogP contribution is 2.41. The standard InChI is InChI=1S/C21H25F/c1-2-7-16-12-14-17(15-13-16)18-8-3-4-9-19(18)20-10-5-6-11-21(20)22/h3-6,8-11,16-17H,2,7,12-15H2,1H3/t16-,17-. The largest absolute Gasteiger partial charge is 0.206 e. The van der Waals surface area contributed by atoms with Crippen molar-refractivity contribution in [1.29, 1.82) is 0 Å². The van der Waals surface area contributed by atoms with Crippen LogP contribution in [-0.4, -0.2) is 0 Å². The molecule has 1 heteroatoms. The molecule has 0 amide bonds. The van der Waals surface area contributed by atoms with Crippen LogP contribution in [0.2, 0.25) is 0 Å². The Bertz CT molecular complexity index is 609. The molecule has 0 bridgehead atoms. The average Bonchev–Trinajstić information content (AvgIpc) is 2.56. The van der Waals surface area contributed by atoms with Crippen LogP contribution in [0.3, 0.4) is 0 Å². The molecule has 0 saturated heterocycles. The molecule has 0 spiro atoms. The third-order valence-corrected chi connectivity index (χ3v) is 5.11. The molecule has 22 heavy (non-hydrogen) atoms. The SMILES string of the molecule is CCC[C@H]1CC[C@H](c2ccccc2-c2ccccc2F)CC1. The maximum absolute atomic E-state index is 14.2. The molecule has 0 aromatic heterocycles. The van der Waals surface area contributed by atoms with Crippen molar-refractivity contribution in [2.45, 2.75) is 51.4 Å². The summed E-state index contributed by atoms with van der Waals surface area (Å²) in [6.07, 6.45) is 7.79. The molecule has 0 aliphatic heterocycles. The van der Waals surface area contributed by atoms with E-state index in [9.17, 15) is 4.39 Å². The van der Waals surface area contributed by atoms with Gasteiger partial charge in [-0.2, -0.15) is 0 Å². The molecule has 0 heterocycles. The van der Waals surface area contributed by atoms with Crippen LogP contribution in [0.4, 0.5) is 4.39 Å². The van der Waals surface area contributed by atoms with Gasteiger partial charge in [0.1, 0.15) is 5.82 Å². The van der Waals surface area contributed by atoms with Crippen LogP contribution in [0.5, 0.6) is 0 Å². The Kier molecular flexibility index (Phi) is 4.92. The van der Waals surface area contributed by atoms with Gasteiger partial charge in [0.25, 0.3) is 0 Å². The molecule has 2 aromatic carbocycles. The van der Waals surface area contributed by atoms with E-state index in [1.54, 1.807) is 12.1 Å². The summed E-state index contributed by atoms with van der Waals surface area (Å²) in [4.78, 5) is 0. The van der Waals surface area contributed by atoms with Crippen molar-refractivity contribution >= 4 is 0 Å². The van der Waals surface area contributed by atoms with Crippen LogP contribution in [0, 0.1) is 11.7 Å². The Labute approximate surface area is 133 Å². The third-order valence-electron chi connectivity index (χ3n) is 5.11. The summed E-state index contributed by atoms with van der Waals surface area (Å²) in [5.74, 6) is 1.38. The summed E-state index contributed by atoms with van der Waals surface area (Å²) < 4.78 is 14.2. The molecule has 0 nitrogen and oxygen atoms in total. The van der Waals surface area contributed by atoms with Gasteiger partial charge in [0.2, 0.25) is 0 Å². The van der Waals surface area contributed by atoms with Gasteiger partial charge in [-0.05, 0) is 54.7 Å². The highest BCUT2D eigenvalue weighted by molar-refractivity contribution is 5.68. The van der Waals surface area contributed by atoms with Crippen LogP contribution < -0.4 is 0 Å². The minimum atomic E-state index is -0.116. The van der Waals surface area contributed by atoms with Gasteiger partial charge in [0, 0.05) is 5.56 Å². The highest BCUT2D eigenvalue weighted by atomic mass is 19.1. The lowest BCUT2D eigenvalue weighted by Gasteiger charge is -2.30. The lowest BCUT2D eigenvalue weighted by Crippen LogP contribution is -2.14. The van der Waals surface area contributed by atoms with Crippen LogP contribution in [0.1, 0.15) is 56.9 Å². The summed E-state index contributed by atoms with van der Waals surface area (Å²) >= 11 is 0. The topological polar surface area (TPSA) is 0 Å². The zero-order valence-corrected chi connectivity index (χ0v) is 13.4. The van der Waals surface area contributed by atoms with E-state index in [0.717, 1.165) is 17.0 Å². The zero-order valence-electron chi connectivity index (χ0n) is 13.4. The number of rotatable bonds is 4. The maximum Gasteiger partial charge on any atom is 0.131 e. The van der Waals surface area contributed by atoms with Crippen LogP contribution in [0.15, 0.2) is 48.5 Å². The van der Waals surface area contributed by atoms with Gasteiger partial charge in [0.15, 0.2) is 0 Å². The Morgan fingerprint density at radius 1 is 0.864 bits per heavy atom. The molecule has 2 aromatic rings. The van der Waals surface area contributed by atoms with E-state index in [1.807, 2.05) is 18.2 Å². The number of benzene rings is 2. The van der Waals surface area contributed by atoms with Crippen LogP contribution >= 0.6 is 0 Å². The monoisotopic (exact) mass is 296 g/mol. The first-order valence-corrected chi connectivity index (χ1v) is 8.63. The fourth-order valence-electron chi connectivity index (χ4n) is 3.95. The summed E-state index contributed by atoms with van der Waals surface area (Å²) in [7, 11) is 0. The normalized spacial score (nSPS) is 21.7. The lowest BCUT2D eigenvalue weighted by atomic mass is 9.75. The first-order valence-electron chi connectivity index (χ1n) is 8.63. The van der Waals surface area contributed by atoms with E-state index < -0.39 is 0 Å². The number of hydrogen-bond acceptors (Lipinski definition) is 0. The molecule has 0 atom stereocenters. The average molecular weight is 296 g/mol. The molecule has 3 rings (SSSR count). The van der Waals surface area contributed by atoms with Crippen LogP contribution in [-0.2, 0) is 0 Å². The Morgan fingerprint density at radius 3 is 2.18 bits per heavy atom. The van der Waals surface area contributed by atoms with Gasteiger partial charge < -0.3 is 0 Å². The van der Waals surface area contributed by atoms with Crippen molar-refractivity contribution in [3.05, 3.63) is 59.9 Å². The fourth-order valence-corrected chi connectivity index (χ4v) is 3.95. The first kappa shape index (κ1) is 15.3. The second-order valence-electron chi connectivity index (χ2n) is 6.57. The van der Waals surface area contributed by atoms with Crippen molar-refractivity contribution < 1.29 is 4.39 Å². The van der Waals surface area contributed by atoms with Crippen molar-refractivity contribution in [1.82, 2.24) is 0 Å². The zero-order chi connectivity index (χ0) is 15.4. The van der Waals surface area contributed by atoms with Gasteiger partial charge >= 0.3 is 0 Å². The van der Waals surface area contributed by atoms with Crippen molar-refractivity contribution in [3.8, 4) is 11.1 Å². The van der Waals surface area contributed by atoms with E-state index >= 15 is 0 Å². The third kappa shape index (κ3) is 3.24. The van der Waals surface area contributed by atoms with Crippen molar-refractivity contribution in [2.24, 2.45) is 5.92 Å². The molecule has 1 saturated carbocycles. The second kappa shape index (κ2) is 7.09. The Balaban J connectivity index is 1.85. The highest BCUT2D eigenvalue weighted by Gasteiger charge is 2.24. The quantitative estimate of drug-likeness (QED) is 0.598. The predicted octanol–water partition coefficient (Wildman–Crippen LogP) is 6.57. The van der Waals surface area contributed by atoms with Crippen LogP contribution in [0.25, 0.3) is 11.1 Å². The fraction of sp³-hybridized carbons (Fsp3) is 0.429. The molecule has 0 N–H and O–H groups in total. The smallest absolute Gasteiger partial charge is 0.131 e. The molecule has 1 aliphatic rings. The minimum Gasteiger partial charge on any atom is -0.206 e. The Hall–Kier alpha value is -1.63. The van der Waals surface area contributed by atoms with E-state index in [0.29, 0.717) is 5.92 Å². The molecule has 1 aliphatic carbocycles. The van der Waals surface area contributed by atoms with E-state index in [4.69, 9.17) is 0 Å². The molecular formula is C21H25F. The van der Waals surface area contributed by atoms with Gasteiger partial charge in [-0.15, -0.1) is 0 Å². The van der Waals surface area contributed by atoms with Crippen molar-refractivity contribution in [2.75, 3.05) is 0 Å². The summed E-state index contributed by atoms with van der Waals surface area (Å²) in [6.45, 7) is 2.28. The van der Waals surface area contributed by atoms with E-state index in [1.165, 1.54) is 44.1 Å². The van der Waals surface area contributed by atoms with E-state index in [-0.39, 0.29) is 5.82 Å². The lowest BCUT2D eigenvalue weighted by molar-refractivity contribution is 0.308. The molecule has 116 valence electrons. The second-order valence-corrected chi connectivity index (χ2v) is 6.57. The summed E-state index contributed by atoms with van der Waals surface area (Å²) in [6, 6.07) is 15.5. The Morgan fingerprint density at radius 2 is 1.50 bits per heavy atom. The van der Waals surface area contributed by atoms with Gasteiger partial charge in [-0.1, -0.05) is 62.2 Å². The molecular weight excluding hydrogens is 271 g/mol. The van der Waals surface area contributed by atoms with Crippen molar-refractivity contribution in [3.63, 3.8) is 0 Å². The minimum absolute atomic E-state index is 0.116. The van der Waals surface area contributed by atoms with Gasteiger partial charge in [0.05, 0.1) is 0 Å². The summed E-state index contributed by atoms with van der Waals surface area (Å²) in [5, 5.41) is 0. The maximum atomic E-state index is 14.2. The number of halogens is 1. The molecule has 0 unspecified atom stereocenters. The first-order chi connectivity index (χ1) is 10.8. The van der Waals surface area contributed by atoms with Gasteiger partial charge in [-0.3, -0.25) is 0 Å². The summed E-state index contributed by atoms with van der Waals surface area (Å²) in [5.41, 5.74) is 3.16. The van der Waals surface area contributed by atoms with Gasteiger partial charge in [-0.25, -0.2) is 4.39 Å². The predicted molar refractivity (Wildman–Crippen MR) is 91.4 cm³/mol. The van der Waals surface area contributed by atoms with E-state index in [2.05, 4.69) is 25.1 Å². The molecule has 0 radical (unpaired) electrons. The molecule has 1 fully saturated rings. The number of hydrogen-bond donors (Lipinski definition) is 0.